The van der Waals surface area contributed by atoms with E-state index in [-0.39, 0.29) is 11.9 Å². The molecule has 2 aliphatic rings. The molecule has 0 radical (unpaired) electrons. The van der Waals surface area contributed by atoms with Crippen LogP contribution in [-0.2, 0) is 31.9 Å². The Bertz CT molecular complexity index is 966. The number of aromatic nitrogens is 2. The molecule has 6 nitrogen and oxygen atoms in total. The second-order valence-corrected chi connectivity index (χ2v) is 6.65. The first kappa shape index (κ1) is 19.0. The predicted molar refractivity (Wildman–Crippen MR) is 104 cm³/mol. The average molecular weight is 429 g/mol. The van der Waals surface area contributed by atoms with Crippen LogP contribution in [0.1, 0.15) is 22.5 Å². The fourth-order valence-corrected chi connectivity index (χ4v) is 3.55. The summed E-state index contributed by atoms with van der Waals surface area (Å²) in [4.78, 5) is 30.9. The van der Waals surface area contributed by atoms with Crippen LogP contribution in [0.2, 0.25) is 0 Å². The van der Waals surface area contributed by atoms with Gasteiger partial charge < -0.3 is 9.47 Å². The first-order chi connectivity index (χ1) is 13.0. The average Bonchev–Trinajstić information content (AvgIpc) is 3.29. The molecular formula is C20H17BrN2O4. The summed E-state index contributed by atoms with van der Waals surface area (Å²) in [7, 11) is 2.77. The fraction of sp³-hybridized carbons (Fsp3) is 0.200. The number of ether oxygens (including phenoxy) is 2. The molecule has 0 bridgehead atoms. The normalized spacial score (nSPS) is 13.8. The Hall–Kier alpha value is -2.80. The molecule has 0 amide bonds. The Morgan fingerprint density at radius 1 is 0.963 bits per heavy atom. The van der Waals surface area contributed by atoms with Crippen molar-refractivity contribution in [1.82, 2.24) is 9.97 Å². The molecule has 0 aromatic carbocycles. The van der Waals surface area contributed by atoms with Crippen molar-refractivity contribution in [2.24, 2.45) is 0 Å². The van der Waals surface area contributed by atoms with E-state index in [1.807, 2.05) is 24.3 Å². The zero-order valence-corrected chi connectivity index (χ0v) is 16.4. The van der Waals surface area contributed by atoms with E-state index in [1.165, 1.54) is 14.2 Å². The predicted octanol–water partition coefficient (Wildman–Crippen LogP) is 3.11. The summed E-state index contributed by atoms with van der Waals surface area (Å²) < 4.78 is 10.1. The topological polar surface area (TPSA) is 78.4 Å². The zero-order chi connectivity index (χ0) is 19.4. The number of rotatable bonds is 2. The maximum atomic E-state index is 11.4. The highest BCUT2D eigenvalue weighted by Gasteiger charge is 2.25. The van der Waals surface area contributed by atoms with Crippen molar-refractivity contribution >= 4 is 38.4 Å². The van der Waals surface area contributed by atoms with Gasteiger partial charge in [-0.05, 0) is 45.3 Å². The highest BCUT2D eigenvalue weighted by atomic mass is 79.9. The minimum absolute atomic E-state index is 0.266. The number of halogens is 1. The van der Waals surface area contributed by atoms with E-state index in [9.17, 15) is 9.59 Å². The Kier molecular flexibility index (Phi) is 5.81. The molecule has 2 aromatic heterocycles. The number of carbonyl (C=O) groups excluding carboxylic acids is 2. The van der Waals surface area contributed by atoms with Gasteiger partial charge in [-0.25, -0.2) is 9.59 Å². The molecule has 0 fully saturated rings. The van der Waals surface area contributed by atoms with Gasteiger partial charge >= 0.3 is 11.9 Å². The van der Waals surface area contributed by atoms with E-state index in [0.29, 0.717) is 24.0 Å². The van der Waals surface area contributed by atoms with E-state index in [1.54, 1.807) is 18.5 Å². The van der Waals surface area contributed by atoms with Gasteiger partial charge in [-0.3, -0.25) is 9.97 Å². The molecule has 0 N–H and O–H groups in total. The first-order valence-electron chi connectivity index (χ1n) is 8.19. The number of nitrogens with zero attached hydrogens (tertiary/aromatic N) is 2. The van der Waals surface area contributed by atoms with Crippen molar-refractivity contribution in [1.29, 1.82) is 0 Å². The van der Waals surface area contributed by atoms with Gasteiger partial charge in [0.15, 0.2) is 0 Å². The van der Waals surface area contributed by atoms with Crippen LogP contribution in [0.15, 0.2) is 47.8 Å². The van der Waals surface area contributed by atoms with Gasteiger partial charge in [0.25, 0.3) is 0 Å². The van der Waals surface area contributed by atoms with Crippen LogP contribution in [0.3, 0.4) is 0 Å². The van der Waals surface area contributed by atoms with Gasteiger partial charge in [-0.15, -0.1) is 0 Å². The lowest BCUT2D eigenvalue weighted by atomic mass is 10.2. The molecule has 0 atom stereocenters. The Morgan fingerprint density at radius 3 is 2.26 bits per heavy atom. The van der Waals surface area contributed by atoms with E-state index in [2.05, 4.69) is 35.4 Å². The van der Waals surface area contributed by atoms with Crippen molar-refractivity contribution in [3.8, 4) is 0 Å². The standard InChI is InChI=1S/C10H8BrNO2.C10H9NO2/c1-14-10(13)7-5-6-3-2-4-12-9(6)8(7)11;1-13-10(12)8-5-7-3-2-4-11-9(7)6-8/h2-4H,5H2,1H3;2-4,6H,5H2,1H3. The molecule has 2 aromatic rings. The van der Waals surface area contributed by atoms with Gasteiger partial charge in [-0.1, -0.05) is 12.1 Å². The summed E-state index contributed by atoms with van der Waals surface area (Å²) in [6.07, 6.45) is 6.43. The maximum Gasteiger partial charge on any atom is 0.335 e. The summed E-state index contributed by atoms with van der Waals surface area (Å²) in [5.74, 6) is -0.562. The number of esters is 2. The van der Waals surface area contributed by atoms with Gasteiger partial charge in [0.1, 0.15) is 0 Å². The molecule has 138 valence electrons. The van der Waals surface area contributed by atoms with Crippen LogP contribution in [0.4, 0.5) is 0 Å². The van der Waals surface area contributed by atoms with Crippen LogP contribution in [0.5, 0.6) is 0 Å². The third kappa shape index (κ3) is 3.98. The van der Waals surface area contributed by atoms with Crippen LogP contribution in [0, 0.1) is 0 Å². The lowest BCUT2D eigenvalue weighted by molar-refractivity contribution is -0.136. The minimum atomic E-state index is -0.296. The lowest BCUT2D eigenvalue weighted by Crippen LogP contribution is -2.04. The summed E-state index contributed by atoms with van der Waals surface area (Å²) in [5, 5.41) is 0. The van der Waals surface area contributed by atoms with E-state index in [0.717, 1.165) is 27.0 Å². The quantitative estimate of drug-likeness (QED) is 0.683. The maximum absolute atomic E-state index is 11.4. The van der Waals surface area contributed by atoms with Crippen LogP contribution < -0.4 is 0 Å². The molecule has 0 saturated carbocycles. The van der Waals surface area contributed by atoms with E-state index >= 15 is 0 Å². The number of hydrogen-bond donors (Lipinski definition) is 0. The van der Waals surface area contributed by atoms with Gasteiger partial charge in [-0.2, -0.15) is 0 Å². The van der Waals surface area contributed by atoms with Crippen molar-refractivity contribution in [2.75, 3.05) is 14.2 Å². The lowest BCUT2D eigenvalue weighted by Gasteiger charge is -1.98. The summed E-state index contributed by atoms with van der Waals surface area (Å²) >= 11 is 3.36. The second-order valence-electron chi connectivity index (χ2n) is 5.86. The molecule has 0 saturated heterocycles. The van der Waals surface area contributed by atoms with Crippen LogP contribution in [0.25, 0.3) is 10.6 Å². The van der Waals surface area contributed by atoms with Crippen molar-refractivity contribution in [3.05, 3.63) is 70.3 Å². The summed E-state index contributed by atoms with van der Waals surface area (Å²) in [6.45, 7) is 0. The van der Waals surface area contributed by atoms with Gasteiger partial charge in [0, 0.05) is 30.8 Å². The highest BCUT2D eigenvalue weighted by molar-refractivity contribution is 9.15. The highest BCUT2D eigenvalue weighted by Crippen LogP contribution is 2.35. The van der Waals surface area contributed by atoms with Crippen molar-refractivity contribution in [2.45, 2.75) is 12.8 Å². The number of methoxy groups -OCH3 is 2. The molecule has 0 aliphatic heterocycles. The molecule has 0 spiro atoms. The molecule has 27 heavy (non-hydrogen) atoms. The molecular weight excluding hydrogens is 412 g/mol. The van der Waals surface area contributed by atoms with Crippen LogP contribution in [-0.4, -0.2) is 36.1 Å². The van der Waals surface area contributed by atoms with E-state index in [4.69, 9.17) is 0 Å². The summed E-state index contributed by atoms with van der Waals surface area (Å²) in [6, 6.07) is 7.65. The Balaban J connectivity index is 0.000000156. The third-order valence-electron chi connectivity index (χ3n) is 4.23. The molecule has 2 heterocycles. The fourth-order valence-electron chi connectivity index (χ4n) is 2.89. The van der Waals surface area contributed by atoms with Crippen molar-refractivity contribution < 1.29 is 19.1 Å². The molecule has 2 aliphatic carbocycles. The number of hydrogen-bond acceptors (Lipinski definition) is 6. The zero-order valence-electron chi connectivity index (χ0n) is 14.9. The van der Waals surface area contributed by atoms with Crippen LogP contribution >= 0.6 is 15.9 Å². The largest absolute Gasteiger partial charge is 0.466 e. The summed E-state index contributed by atoms with van der Waals surface area (Å²) in [5.41, 5.74) is 5.18. The Morgan fingerprint density at radius 2 is 1.63 bits per heavy atom. The Labute approximate surface area is 165 Å². The first-order valence-corrected chi connectivity index (χ1v) is 8.98. The molecule has 4 rings (SSSR count). The molecule has 0 unspecified atom stereocenters. The number of carbonyl (C=O) groups is 2. The van der Waals surface area contributed by atoms with Gasteiger partial charge in [0.2, 0.25) is 0 Å². The number of fused-ring (bicyclic) bond motifs is 2. The second kappa shape index (κ2) is 8.26. The third-order valence-corrected chi connectivity index (χ3v) is 5.08. The monoisotopic (exact) mass is 428 g/mol. The minimum Gasteiger partial charge on any atom is -0.466 e. The van der Waals surface area contributed by atoms with E-state index < -0.39 is 0 Å². The van der Waals surface area contributed by atoms with Crippen molar-refractivity contribution in [3.63, 3.8) is 0 Å². The SMILES string of the molecule is COC(=O)C1=C(Br)c2ncccc2C1.COC(=O)C1=Cc2ncccc2C1. The number of pyridine rings is 2. The molecule has 7 heteroatoms. The smallest absolute Gasteiger partial charge is 0.335 e. The van der Waals surface area contributed by atoms with Gasteiger partial charge in [0.05, 0.1) is 35.7 Å².